The summed E-state index contributed by atoms with van der Waals surface area (Å²) < 4.78 is 5.48. The number of nitrogens with zero attached hydrogens (tertiary/aromatic N) is 2. The number of carbonyl (C=O) groups excluding carboxylic acids is 2. The molecule has 2 aliphatic rings. The molecular weight excluding hydrogens is 470 g/mol. The maximum atomic E-state index is 14.1. The highest BCUT2D eigenvalue weighted by Gasteiger charge is 2.59. The van der Waals surface area contributed by atoms with Crippen LogP contribution in [0, 0.1) is 6.92 Å². The Labute approximate surface area is 207 Å². The van der Waals surface area contributed by atoms with Gasteiger partial charge in [0.25, 0.3) is 5.91 Å². The van der Waals surface area contributed by atoms with Crippen molar-refractivity contribution >= 4 is 46.7 Å². The number of benzene rings is 3. The Morgan fingerprint density at radius 2 is 1.91 bits per heavy atom. The molecule has 3 aromatic carbocycles. The molecule has 0 bridgehead atoms. The molecule has 0 saturated carbocycles. The maximum Gasteiger partial charge on any atom is 0.323 e. The summed E-state index contributed by atoms with van der Waals surface area (Å²) in [6.07, 6.45) is 0. The number of thioether (sulfide) groups is 1. The van der Waals surface area contributed by atoms with Crippen LogP contribution in [0.4, 0.5) is 16.2 Å². The van der Waals surface area contributed by atoms with Crippen LogP contribution in [0.25, 0.3) is 0 Å². The van der Waals surface area contributed by atoms with Gasteiger partial charge in [-0.3, -0.25) is 9.69 Å². The summed E-state index contributed by atoms with van der Waals surface area (Å²) in [5.41, 5.74) is 4.37. The molecule has 1 spiro atoms. The molecule has 3 aromatic rings. The van der Waals surface area contributed by atoms with Gasteiger partial charge in [-0.05, 0) is 60.5 Å². The van der Waals surface area contributed by atoms with Crippen LogP contribution in [-0.2, 0) is 16.2 Å². The molecule has 1 atom stereocenters. The average Bonchev–Trinajstić information content (AvgIpc) is 3.39. The van der Waals surface area contributed by atoms with E-state index in [1.807, 2.05) is 49.4 Å². The monoisotopic (exact) mass is 493 g/mol. The first-order valence-corrected chi connectivity index (χ1v) is 12.3. The van der Waals surface area contributed by atoms with Crippen molar-refractivity contribution in [2.75, 3.05) is 29.6 Å². The molecule has 0 aliphatic carbocycles. The van der Waals surface area contributed by atoms with Gasteiger partial charge in [-0.1, -0.05) is 35.9 Å². The summed E-state index contributed by atoms with van der Waals surface area (Å²) in [5, 5.41) is 3.52. The van der Waals surface area contributed by atoms with E-state index in [0.717, 1.165) is 22.4 Å². The van der Waals surface area contributed by atoms with Gasteiger partial charge in [-0.15, -0.1) is 11.8 Å². The molecule has 2 heterocycles. The van der Waals surface area contributed by atoms with Crippen molar-refractivity contribution in [1.29, 1.82) is 0 Å². The minimum absolute atomic E-state index is 0.118. The predicted octanol–water partition coefficient (Wildman–Crippen LogP) is 5.64. The van der Waals surface area contributed by atoms with Crippen LogP contribution in [0.5, 0.6) is 5.75 Å². The van der Waals surface area contributed by atoms with Crippen LogP contribution in [0.2, 0.25) is 5.02 Å². The third-order valence-corrected chi connectivity index (χ3v) is 8.00. The van der Waals surface area contributed by atoms with Crippen molar-refractivity contribution in [3.05, 3.63) is 88.4 Å². The second-order valence-electron chi connectivity index (χ2n) is 8.28. The van der Waals surface area contributed by atoms with E-state index in [2.05, 4.69) is 5.32 Å². The van der Waals surface area contributed by atoms with E-state index >= 15 is 0 Å². The summed E-state index contributed by atoms with van der Waals surface area (Å²) in [6.45, 7) is 2.92. The fourth-order valence-corrected chi connectivity index (χ4v) is 6.14. The summed E-state index contributed by atoms with van der Waals surface area (Å²) in [6, 6.07) is 20.3. The largest absolute Gasteiger partial charge is 0.497 e. The molecule has 1 saturated heterocycles. The zero-order valence-electron chi connectivity index (χ0n) is 18.9. The normalized spacial score (nSPS) is 19.0. The van der Waals surface area contributed by atoms with Gasteiger partial charge in [-0.25, -0.2) is 4.79 Å². The Morgan fingerprint density at radius 1 is 1.15 bits per heavy atom. The SMILES string of the molecule is COc1ccc2c(c1)C1(SCCN1C(=O)Nc1ccc(Cl)cc1)C(=O)N2Cc1ccccc1C. The molecule has 8 heteroatoms. The fraction of sp³-hybridized carbons (Fsp3) is 0.231. The quantitative estimate of drug-likeness (QED) is 0.511. The lowest BCUT2D eigenvalue weighted by molar-refractivity contribution is -0.123. The Bertz CT molecular complexity index is 1270. The van der Waals surface area contributed by atoms with Gasteiger partial charge in [0.05, 0.1) is 19.3 Å². The van der Waals surface area contributed by atoms with Gasteiger partial charge in [0.1, 0.15) is 5.75 Å². The van der Waals surface area contributed by atoms with Crippen LogP contribution in [0.3, 0.4) is 0 Å². The molecule has 1 fully saturated rings. The van der Waals surface area contributed by atoms with Crippen LogP contribution in [0.1, 0.15) is 16.7 Å². The van der Waals surface area contributed by atoms with Crippen molar-refractivity contribution in [3.63, 3.8) is 0 Å². The van der Waals surface area contributed by atoms with Crippen molar-refractivity contribution in [1.82, 2.24) is 4.90 Å². The zero-order chi connectivity index (χ0) is 23.9. The first-order chi connectivity index (χ1) is 16.4. The first-order valence-electron chi connectivity index (χ1n) is 11.0. The number of carbonyl (C=O) groups is 2. The van der Waals surface area contributed by atoms with Gasteiger partial charge in [0.2, 0.25) is 0 Å². The number of amides is 3. The molecule has 34 heavy (non-hydrogen) atoms. The van der Waals surface area contributed by atoms with E-state index in [0.29, 0.717) is 35.3 Å². The number of rotatable bonds is 4. The number of fused-ring (bicyclic) bond motifs is 2. The van der Waals surface area contributed by atoms with Gasteiger partial charge in [-0.2, -0.15) is 0 Å². The molecular formula is C26H24ClN3O3S. The summed E-state index contributed by atoms with van der Waals surface area (Å²) >= 11 is 7.47. The predicted molar refractivity (Wildman–Crippen MR) is 137 cm³/mol. The number of halogens is 1. The maximum absolute atomic E-state index is 14.1. The van der Waals surface area contributed by atoms with Crippen LogP contribution in [0.15, 0.2) is 66.7 Å². The van der Waals surface area contributed by atoms with E-state index in [1.165, 1.54) is 11.8 Å². The number of aryl methyl sites for hydroxylation is 1. The Morgan fingerprint density at radius 3 is 2.65 bits per heavy atom. The molecule has 5 rings (SSSR count). The minimum Gasteiger partial charge on any atom is -0.497 e. The molecule has 2 aliphatic heterocycles. The third-order valence-electron chi connectivity index (χ3n) is 6.33. The summed E-state index contributed by atoms with van der Waals surface area (Å²) in [5.74, 6) is 1.18. The number of hydrogen-bond donors (Lipinski definition) is 1. The fourth-order valence-electron chi connectivity index (χ4n) is 4.56. The Kier molecular flexibility index (Phi) is 5.91. The summed E-state index contributed by atoms with van der Waals surface area (Å²) in [4.78, 5) is 29.9. The number of methoxy groups -OCH3 is 1. The molecule has 0 aromatic heterocycles. The van der Waals surface area contributed by atoms with E-state index in [1.54, 1.807) is 41.2 Å². The summed E-state index contributed by atoms with van der Waals surface area (Å²) in [7, 11) is 1.60. The Hall–Kier alpha value is -3.16. The number of urea groups is 1. The van der Waals surface area contributed by atoms with Crippen molar-refractivity contribution in [3.8, 4) is 5.75 Å². The first kappa shape index (κ1) is 22.6. The zero-order valence-corrected chi connectivity index (χ0v) is 20.4. The van der Waals surface area contributed by atoms with Gasteiger partial charge in [0, 0.05) is 28.6 Å². The van der Waals surface area contributed by atoms with E-state index < -0.39 is 4.87 Å². The molecule has 6 nitrogen and oxygen atoms in total. The molecule has 1 unspecified atom stereocenters. The lowest BCUT2D eigenvalue weighted by Crippen LogP contribution is -2.51. The smallest absolute Gasteiger partial charge is 0.323 e. The lowest BCUT2D eigenvalue weighted by Gasteiger charge is -2.33. The highest BCUT2D eigenvalue weighted by Crippen LogP contribution is 2.55. The lowest BCUT2D eigenvalue weighted by atomic mass is 10.1. The van der Waals surface area contributed by atoms with Gasteiger partial charge < -0.3 is 15.0 Å². The van der Waals surface area contributed by atoms with E-state index in [9.17, 15) is 9.59 Å². The van der Waals surface area contributed by atoms with Crippen molar-refractivity contribution in [2.24, 2.45) is 0 Å². The van der Waals surface area contributed by atoms with Crippen LogP contribution in [-0.4, -0.2) is 36.2 Å². The number of ether oxygens (including phenoxy) is 1. The second kappa shape index (κ2) is 8.89. The number of anilines is 2. The second-order valence-corrected chi connectivity index (χ2v) is 10.0. The van der Waals surface area contributed by atoms with E-state index in [-0.39, 0.29) is 11.9 Å². The highest BCUT2D eigenvalue weighted by atomic mass is 35.5. The van der Waals surface area contributed by atoms with Crippen LogP contribution < -0.4 is 15.0 Å². The average molecular weight is 494 g/mol. The number of hydrogen-bond acceptors (Lipinski definition) is 4. The molecule has 1 N–H and O–H groups in total. The molecule has 0 radical (unpaired) electrons. The van der Waals surface area contributed by atoms with Crippen LogP contribution >= 0.6 is 23.4 Å². The Balaban J connectivity index is 1.55. The van der Waals surface area contributed by atoms with E-state index in [4.69, 9.17) is 16.3 Å². The highest BCUT2D eigenvalue weighted by molar-refractivity contribution is 8.01. The minimum atomic E-state index is -1.15. The van der Waals surface area contributed by atoms with Gasteiger partial charge in [0.15, 0.2) is 4.87 Å². The topological polar surface area (TPSA) is 61.9 Å². The third kappa shape index (κ3) is 3.69. The number of nitrogens with one attached hydrogen (secondary N) is 1. The van der Waals surface area contributed by atoms with Gasteiger partial charge >= 0.3 is 6.03 Å². The molecule has 3 amide bonds. The standard InChI is InChI=1S/C26H24ClN3O3S/c1-17-5-3-4-6-18(17)16-29-23-12-11-21(33-2)15-22(23)26(24(29)31)30(13-14-34-26)25(32)28-20-9-7-19(27)8-10-20/h3-12,15H,13-14,16H2,1-2H3,(H,28,32). The van der Waals surface area contributed by atoms with Crippen molar-refractivity contribution < 1.29 is 14.3 Å². The van der Waals surface area contributed by atoms with Crippen molar-refractivity contribution in [2.45, 2.75) is 18.3 Å². The molecule has 174 valence electrons.